The lowest BCUT2D eigenvalue weighted by atomic mass is 10.0. The van der Waals surface area contributed by atoms with E-state index in [-0.39, 0.29) is 0 Å². The summed E-state index contributed by atoms with van der Waals surface area (Å²) in [4.78, 5) is 3.17. The normalized spacial score (nSPS) is 13.6. The van der Waals surface area contributed by atoms with E-state index in [4.69, 9.17) is 0 Å². The van der Waals surface area contributed by atoms with Gasteiger partial charge in [0.05, 0.1) is 17.4 Å². The van der Waals surface area contributed by atoms with Gasteiger partial charge in [-0.05, 0) is 37.3 Å². The van der Waals surface area contributed by atoms with Crippen LogP contribution >= 0.6 is 45.3 Å². The highest BCUT2D eigenvalue weighted by Gasteiger charge is 2.18. The van der Waals surface area contributed by atoms with Crippen LogP contribution in [0.3, 0.4) is 0 Å². The third-order valence-electron chi connectivity index (χ3n) is 5.05. The zero-order valence-electron chi connectivity index (χ0n) is 15.3. The van der Waals surface area contributed by atoms with Gasteiger partial charge in [-0.3, -0.25) is 0 Å². The van der Waals surface area contributed by atoms with E-state index in [2.05, 4.69) is 44.2 Å². The van der Waals surface area contributed by atoms with Crippen LogP contribution in [0.2, 0.25) is 0 Å². The molecule has 0 N–H and O–H groups in total. The summed E-state index contributed by atoms with van der Waals surface area (Å²) in [7, 11) is 0. The fraction of sp³-hybridized carbons (Fsp3) is 0.524. The van der Waals surface area contributed by atoms with Crippen LogP contribution in [0.25, 0.3) is 28.2 Å². The van der Waals surface area contributed by atoms with Crippen molar-refractivity contribution in [3.8, 4) is 0 Å². The molecule has 0 radical (unpaired) electrons. The molecule has 1 atom stereocenters. The van der Waals surface area contributed by atoms with E-state index in [1.54, 1.807) is 23.2 Å². The second-order valence-electron chi connectivity index (χ2n) is 7.13. The van der Waals surface area contributed by atoms with Gasteiger partial charge < -0.3 is 0 Å². The van der Waals surface area contributed by atoms with Crippen molar-refractivity contribution < 1.29 is 0 Å². The Balaban J connectivity index is 1.65. The minimum atomic E-state index is 0.716. The number of hydrogen-bond acceptors (Lipinski definition) is 4. The van der Waals surface area contributed by atoms with Crippen LogP contribution in [-0.2, 0) is 6.42 Å². The van der Waals surface area contributed by atoms with Gasteiger partial charge in [-0.25, -0.2) is 0 Å². The lowest BCUT2D eigenvalue weighted by Crippen LogP contribution is -1.89. The fourth-order valence-corrected chi connectivity index (χ4v) is 9.20. The number of unbranched alkanes of at least 4 members (excludes halogenated alkanes) is 3. The summed E-state index contributed by atoms with van der Waals surface area (Å²) in [6, 6.07) is 4.98. The molecule has 25 heavy (non-hydrogen) atoms. The standard InChI is InChI=1S/C21H26S4/c1-4-6-8-9-13(3)17-12-16-19-18(25-21(16)23-17)15-11-14(10-7-5-2)22-20(15)24-19/h11-13H,4-10H2,1-3H3. The predicted octanol–water partition coefficient (Wildman–Crippen LogP) is 9.42. The molecule has 0 aliphatic heterocycles. The van der Waals surface area contributed by atoms with E-state index in [1.807, 2.05) is 34.0 Å². The molecule has 4 rings (SSSR count). The second kappa shape index (κ2) is 7.67. The molecular weight excluding hydrogens is 380 g/mol. The third kappa shape index (κ3) is 3.43. The van der Waals surface area contributed by atoms with Gasteiger partial charge >= 0.3 is 0 Å². The Morgan fingerprint density at radius 3 is 2.20 bits per heavy atom. The van der Waals surface area contributed by atoms with Crippen LogP contribution in [0.4, 0.5) is 0 Å². The Bertz CT molecular complexity index is 978. The Hall–Kier alpha value is -0.420. The van der Waals surface area contributed by atoms with Gasteiger partial charge in [0.1, 0.15) is 0 Å². The molecule has 0 amide bonds. The van der Waals surface area contributed by atoms with E-state index in [1.165, 1.54) is 59.7 Å². The minimum Gasteiger partial charge on any atom is -0.129 e. The number of rotatable bonds is 8. The summed E-state index contributed by atoms with van der Waals surface area (Å²) in [6.07, 6.45) is 9.25. The maximum Gasteiger partial charge on any atom is 0.0889 e. The molecule has 0 saturated carbocycles. The quantitative estimate of drug-likeness (QED) is 0.256. The maximum absolute atomic E-state index is 2.51. The van der Waals surface area contributed by atoms with E-state index in [0.717, 1.165) is 0 Å². The Labute approximate surface area is 166 Å². The summed E-state index contributed by atoms with van der Waals surface area (Å²) in [6.45, 7) is 6.98. The molecule has 0 aliphatic rings. The van der Waals surface area contributed by atoms with Gasteiger partial charge in [-0.2, -0.15) is 0 Å². The van der Waals surface area contributed by atoms with Gasteiger partial charge in [0.25, 0.3) is 0 Å². The van der Waals surface area contributed by atoms with E-state index in [0.29, 0.717) is 5.92 Å². The number of hydrogen-bond donors (Lipinski definition) is 0. The summed E-state index contributed by atoms with van der Waals surface area (Å²) >= 11 is 8.15. The van der Waals surface area contributed by atoms with Crippen LogP contribution in [0.5, 0.6) is 0 Å². The van der Waals surface area contributed by atoms with Crippen molar-refractivity contribution in [3.05, 3.63) is 21.9 Å². The molecule has 4 heteroatoms. The van der Waals surface area contributed by atoms with Crippen molar-refractivity contribution in [2.24, 2.45) is 0 Å². The molecule has 4 heterocycles. The van der Waals surface area contributed by atoms with Crippen molar-refractivity contribution in [3.63, 3.8) is 0 Å². The van der Waals surface area contributed by atoms with Crippen molar-refractivity contribution in [2.75, 3.05) is 0 Å². The fourth-order valence-electron chi connectivity index (χ4n) is 3.48. The molecule has 0 aliphatic carbocycles. The zero-order valence-corrected chi connectivity index (χ0v) is 18.6. The first kappa shape index (κ1) is 18.0. The first-order chi connectivity index (χ1) is 12.2. The van der Waals surface area contributed by atoms with Crippen LogP contribution in [0.1, 0.15) is 75.0 Å². The number of fused-ring (bicyclic) bond motifs is 5. The molecular formula is C21H26S4. The smallest absolute Gasteiger partial charge is 0.0889 e. The Kier molecular flexibility index (Phi) is 5.52. The molecule has 4 aromatic rings. The van der Waals surface area contributed by atoms with Crippen molar-refractivity contribution in [1.82, 2.24) is 0 Å². The molecule has 0 fully saturated rings. The van der Waals surface area contributed by atoms with E-state index >= 15 is 0 Å². The summed E-state index contributed by atoms with van der Waals surface area (Å²) in [5.41, 5.74) is 0. The van der Waals surface area contributed by atoms with Crippen molar-refractivity contribution in [2.45, 2.75) is 71.6 Å². The van der Waals surface area contributed by atoms with Gasteiger partial charge in [0, 0.05) is 20.5 Å². The first-order valence-electron chi connectivity index (χ1n) is 9.58. The van der Waals surface area contributed by atoms with Crippen LogP contribution in [0, 0.1) is 0 Å². The summed E-state index contributed by atoms with van der Waals surface area (Å²) in [5, 5.41) is 3.06. The molecule has 4 aromatic heterocycles. The molecule has 0 nitrogen and oxygen atoms in total. The van der Waals surface area contributed by atoms with Gasteiger partial charge in [0.15, 0.2) is 0 Å². The van der Waals surface area contributed by atoms with Crippen LogP contribution < -0.4 is 0 Å². The van der Waals surface area contributed by atoms with Crippen molar-refractivity contribution >= 4 is 73.5 Å². The van der Waals surface area contributed by atoms with E-state index < -0.39 is 0 Å². The maximum atomic E-state index is 2.51. The lowest BCUT2D eigenvalue weighted by molar-refractivity contribution is 0.604. The Morgan fingerprint density at radius 1 is 0.800 bits per heavy atom. The highest BCUT2D eigenvalue weighted by Crippen LogP contribution is 2.50. The topological polar surface area (TPSA) is 0 Å². The lowest BCUT2D eigenvalue weighted by Gasteiger charge is -2.07. The monoisotopic (exact) mass is 406 g/mol. The third-order valence-corrected chi connectivity index (χ3v) is 10.4. The molecule has 0 bridgehead atoms. The summed E-state index contributed by atoms with van der Waals surface area (Å²) < 4.78 is 6.18. The predicted molar refractivity (Wildman–Crippen MR) is 122 cm³/mol. The van der Waals surface area contributed by atoms with Gasteiger partial charge in [-0.1, -0.05) is 46.5 Å². The molecule has 0 aromatic carbocycles. The second-order valence-corrected chi connectivity index (χ2v) is 11.9. The first-order valence-corrected chi connectivity index (χ1v) is 12.8. The average molecular weight is 407 g/mol. The average Bonchev–Trinajstić information content (AvgIpc) is 3.31. The molecule has 134 valence electrons. The molecule has 1 unspecified atom stereocenters. The molecule has 0 saturated heterocycles. The van der Waals surface area contributed by atoms with Gasteiger partial charge in [0.2, 0.25) is 0 Å². The number of thiophene rings is 4. The Morgan fingerprint density at radius 2 is 1.48 bits per heavy atom. The van der Waals surface area contributed by atoms with E-state index in [9.17, 15) is 0 Å². The zero-order chi connectivity index (χ0) is 17.4. The van der Waals surface area contributed by atoms with Gasteiger partial charge in [-0.15, -0.1) is 45.3 Å². The number of aryl methyl sites for hydroxylation is 1. The highest BCUT2D eigenvalue weighted by molar-refractivity contribution is 7.49. The molecule has 0 spiro atoms. The van der Waals surface area contributed by atoms with Crippen LogP contribution in [0.15, 0.2) is 12.1 Å². The largest absolute Gasteiger partial charge is 0.129 e. The minimum absolute atomic E-state index is 0.716. The SMILES string of the molecule is CCCCCC(C)c1cc2c(s1)sc1c3cc(CCCC)sc3sc21. The highest BCUT2D eigenvalue weighted by atomic mass is 32.2. The van der Waals surface area contributed by atoms with Crippen LogP contribution in [-0.4, -0.2) is 0 Å². The van der Waals surface area contributed by atoms with Crippen molar-refractivity contribution in [1.29, 1.82) is 0 Å². The summed E-state index contributed by atoms with van der Waals surface area (Å²) in [5.74, 6) is 0.716.